The minimum absolute atomic E-state index is 0.0886. The summed E-state index contributed by atoms with van der Waals surface area (Å²) in [7, 11) is 0. The van der Waals surface area contributed by atoms with Crippen LogP contribution in [0, 0.1) is 11.8 Å². The molecule has 1 heterocycles. The van der Waals surface area contributed by atoms with E-state index >= 15 is 0 Å². The van der Waals surface area contributed by atoms with E-state index in [4.69, 9.17) is 5.11 Å². The average molecular weight is 228 g/mol. The van der Waals surface area contributed by atoms with Crippen molar-refractivity contribution in [2.45, 2.75) is 32.7 Å². The maximum Gasteiger partial charge on any atom is 0.326 e. The van der Waals surface area contributed by atoms with Crippen LogP contribution in [0.2, 0.25) is 0 Å². The predicted molar refractivity (Wildman–Crippen MR) is 60.0 cm³/mol. The summed E-state index contributed by atoms with van der Waals surface area (Å²) < 4.78 is 0. The first-order valence-corrected chi connectivity index (χ1v) is 5.76. The number of nitrogens with one attached hydrogen (secondary N) is 2. The van der Waals surface area contributed by atoms with Gasteiger partial charge in [0.1, 0.15) is 6.04 Å². The van der Waals surface area contributed by atoms with E-state index in [2.05, 4.69) is 10.6 Å². The third-order valence-corrected chi connectivity index (χ3v) is 2.90. The number of carboxylic acids is 1. The molecule has 1 amide bonds. The van der Waals surface area contributed by atoms with Crippen LogP contribution < -0.4 is 10.6 Å². The molecule has 0 radical (unpaired) electrons. The number of carbonyl (C=O) groups excluding carboxylic acids is 1. The number of hydrogen-bond donors (Lipinski definition) is 3. The molecule has 0 unspecified atom stereocenters. The minimum Gasteiger partial charge on any atom is -0.480 e. The Balaban J connectivity index is 2.50. The van der Waals surface area contributed by atoms with E-state index in [0.29, 0.717) is 6.54 Å². The van der Waals surface area contributed by atoms with E-state index in [0.717, 1.165) is 19.4 Å². The fourth-order valence-corrected chi connectivity index (χ4v) is 1.86. The van der Waals surface area contributed by atoms with Crippen LogP contribution in [-0.2, 0) is 9.59 Å². The zero-order chi connectivity index (χ0) is 12.1. The van der Waals surface area contributed by atoms with Gasteiger partial charge in [-0.1, -0.05) is 13.8 Å². The topological polar surface area (TPSA) is 78.4 Å². The van der Waals surface area contributed by atoms with Gasteiger partial charge in [0.2, 0.25) is 5.91 Å². The second kappa shape index (κ2) is 5.84. The summed E-state index contributed by atoms with van der Waals surface area (Å²) in [6.45, 7) is 5.17. The first-order valence-electron chi connectivity index (χ1n) is 5.76. The highest BCUT2D eigenvalue weighted by molar-refractivity contribution is 5.85. The molecule has 0 spiro atoms. The number of aliphatic carboxylic acids is 1. The Hall–Kier alpha value is -1.10. The highest BCUT2D eigenvalue weighted by atomic mass is 16.4. The van der Waals surface area contributed by atoms with Crippen LogP contribution in [0.25, 0.3) is 0 Å². The van der Waals surface area contributed by atoms with Gasteiger partial charge in [-0.25, -0.2) is 4.79 Å². The van der Waals surface area contributed by atoms with Crippen molar-refractivity contribution in [3.63, 3.8) is 0 Å². The summed E-state index contributed by atoms with van der Waals surface area (Å²) in [5.74, 6) is -1.30. The Morgan fingerprint density at radius 2 is 2.12 bits per heavy atom. The highest BCUT2D eigenvalue weighted by Crippen LogP contribution is 2.11. The zero-order valence-corrected chi connectivity index (χ0v) is 9.82. The van der Waals surface area contributed by atoms with Crippen LogP contribution >= 0.6 is 0 Å². The molecule has 0 saturated carbocycles. The minimum atomic E-state index is -0.966. The van der Waals surface area contributed by atoms with Crippen molar-refractivity contribution < 1.29 is 14.7 Å². The zero-order valence-electron chi connectivity index (χ0n) is 9.82. The van der Waals surface area contributed by atoms with E-state index in [-0.39, 0.29) is 17.7 Å². The van der Waals surface area contributed by atoms with Crippen LogP contribution in [0.15, 0.2) is 0 Å². The summed E-state index contributed by atoms with van der Waals surface area (Å²) in [5, 5.41) is 14.7. The van der Waals surface area contributed by atoms with Crippen molar-refractivity contribution in [3.8, 4) is 0 Å². The van der Waals surface area contributed by atoms with Gasteiger partial charge in [0.25, 0.3) is 0 Å². The Labute approximate surface area is 95.6 Å². The van der Waals surface area contributed by atoms with Crippen molar-refractivity contribution in [3.05, 3.63) is 0 Å². The largest absolute Gasteiger partial charge is 0.480 e. The lowest BCUT2D eigenvalue weighted by Crippen LogP contribution is -2.49. The number of piperidine rings is 1. The lowest BCUT2D eigenvalue weighted by molar-refractivity contribution is -0.143. The van der Waals surface area contributed by atoms with E-state index in [1.54, 1.807) is 13.8 Å². The van der Waals surface area contributed by atoms with Crippen LogP contribution in [0.4, 0.5) is 0 Å². The molecule has 0 aliphatic carbocycles. The second-order valence-electron chi connectivity index (χ2n) is 4.61. The maximum atomic E-state index is 11.8. The van der Waals surface area contributed by atoms with Crippen LogP contribution in [0.5, 0.6) is 0 Å². The number of hydrogen-bond acceptors (Lipinski definition) is 3. The molecule has 0 bridgehead atoms. The summed E-state index contributed by atoms with van der Waals surface area (Å²) in [6.07, 6.45) is 1.81. The summed E-state index contributed by atoms with van der Waals surface area (Å²) in [4.78, 5) is 22.7. The molecule has 16 heavy (non-hydrogen) atoms. The number of amides is 1. The molecule has 92 valence electrons. The first-order chi connectivity index (χ1) is 7.52. The van der Waals surface area contributed by atoms with Crippen molar-refractivity contribution >= 4 is 11.9 Å². The Kier molecular flexibility index (Phi) is 4.73. The van der Waals surface area contributed by atoms with Gasteiger partial charge in [0.05, 0.1) is 5.92 Å². The molecular formula is C11H20N2O3. The Morgan fingerprint density at radius 1 is 1.44 bits per heavy atom. The molecule has 0 aromatic carbocycles. The Bertz CT molecular complexity index is 260. The standard InChI is InChI=1S/C11H20N2O3/c1-7(2)9(11(15)16)13-10(14)8-4-3-5-12-6-8/h7-9,12H,3-6H2,1-2H3,(H,13,14)(H,15,16)/t8-,9+/m0/s1. The van der Waals surface area contributed by atoms with Gasteiger partial charge >= 0.3 is 5.97 Å². The van der Waals surface area contributed by atoms with E-state index in [1.807, 2.05) is 0 Å². The molecule has 5 nitrogen and oxygen atoms in total. The third-order valence-electron chi connectivity index (χ3n) is 2.90. The molecule has 1 saturated heterocycles. The highest BCUT2D eigenvalue weighted by Gasteiger charge is 2.28. The SMILES string of the molecule is CC(C)[C@@H](NC(=O)[C@H]1CCCNC1)C(=O)O. The molecule has 1 rings (SSSR count). The second-order valence-corrected chi connectivity index (χ2v) is 4.61. The van der Waals surface area contributed by atoms with Crippen molar-refractivity contribution in [2.75, 3.05) is 13.1 Å². The molecule has 5 heteroatoms. The van der Waals surface area contributed by atoms with Crippen LogP contribution in [-0.4, -0.2) is 36.1 Å². The normalized spacial score (nSPS) is 22.8. The number of rotatable bonds is 4. The van der Waals surface area contributed by atoms with Gasteiger partial charge in [-0.15, -0.1) is 0 Å². The van der Waals surface area contributed by atoms with Gasteiger partial charge in [0, 0.05) is 6.54 Å². The molecule has 1 aliphatic rings. The number of carboxylic acid groups (broad SMARTS) is 1. The lowest BCUT2D eigenvalue weighted by Gasteiger charge is -2.25. The van der Waals surface area contributed by atoms with Crippen molar-refractivity contribution in [1.29, 1.82) is 0 Å². The summed E-state index contributed by atoms with van der Waals surface area (Å²) >= 11 is 0. The van der Waals surface area contributed by atoms with Gasteiger partial charge in [-0.2, -0.15) is 0 Å². The van der Waals surface area contributed by atoms with E-state index in [9.17, 15) is 9.59 Å². The van der Waals surface area contributed by atoms with E-state index < -0.39 is 12.0 Å². The maximum absolute atomic E-state index is 11.8. The van der Waals surface area contributed by atoms with Crippen molar-refractivity contribution in [1.82, 2.24) is 10.6 Å². The fourth-order valence-electron chi connectivity index (χ4n) is 1.86. The molecular weight excluding hydrogens is 208 g/mol. The van der Waals surface area contributed by atoms with E-state index in [1.165, 1.54) is 0 Å². The first kappa shape index (κ1) is 13.0. The monoisotopic (exact) mass is 228 g/mol. The van der Waals surface area contributed by atoms with Gasteiger partial charge in [-0.05, 0) is 25.3 Å². The molecule has 3 N–H and O–H groups in total. The molecule has 1 aliphatic heterocycles. The fraction of sp³-hybridized carbons (Fsp3) is 0.818. The average Bonchev–Trinajstić information content (AvgIpc) is 2.25. The Morgan fingerprint density at radius 3 is 2.56 bits per heavy atom. The third kappa shape index (κ3) is 3.48. The van der Waals surface area contributed by atoms with Crippen LogP contribution in [0.1, 0.15) is 26.7 Å². The van der Waals surface area contributed by atoms with Crippen LogP contribution in [0.3, 0.4) is 0 Å². The van der Waals surface area contributed by atoms with Gasteiger partial charge in [-0.3, -0.25) is 4.79 Å². The molecule has 1 fully saturated rings. The predicted octanol–water partition coefficient (Wildman–Crippen LogP) is 0.211. The van der Waals surface area contributed by atoms with Gasteiger partial charge in [0.15, 0.2) is 0 Å². The summed E-state index contributed by atoms with van der Waals surface area (Å²) in [6, 6.07) is -0.783. The smallest absolute Gasteiger partial charge is 0.326 e. The molecule has 0 aromatic rings. The quantitative estimate of drug-likeness (QED) is 0.643. The molecule has 0 aromatic heterocycles. The van der Waals surface area contributed by atoms with Gasteiger partial charge < -0.3 is 15.7 Å². The van der Waals surface area contributed by atoms with Crippen molar-refractivity contribution in [2.24, 2.45) is 11.8 Å². The number of carbonyl (C=O) groups is 2. The lowest BCUT2D eigenvalue weighted by atomic mass is 9.97. The summed E-state index contributed by atoms with van der Waals surface area (Å²) in [5.41, 5.74) is 0. The molecule has 2 atom stereocenters.